The van der Waals surface area contributed by atoms with Gasteiger partial charge in [-0.15, -0.1) is 0 Å². The topological polar surface area (TPSA) is 0 Å². The molecule has 0 amide bonds. The Labute approximate surface area is 91.9 Å². The standard InChI is InChI=1S/10FH.Nb.Ta/h10*1H;;/q;;;;;;;;;;2*+5/p-10. The molecule has 0 unspecified atom stereocenters. The second kappa shape index (κ2) is 2250. The van der Waals surface area contributed by atoms with E-state index in [-0.39, 0.29) is 91.8 Å². The van der Waals surface area contributed by atoms with Gasteiger partial charge in [0, 0.05) is 0 Å². The molecule has 0 saturated carbocycles. The first-order valence-corrected chi connectivity index (χ1v) is 0. The first-order chi connectivity index (χ1) is 0. The molecule has 0 atom stereocenters. The van der Waals surface area contributed by atoms with E-state index in [1.807, 2.05) is 0 Å². The SMILES string of the molecule is [F-].[F-].[F-].[F-].[F-].[F-].[F-].[F-].[F-].[F-].[Nb+5].[Ta+5]. The summed E-state index contributed by atoms with van der Waals surface area (Å²) in [6.45, 7) is 0. The predicted octanol–water partition coefficient (Wildman–Crippen LogP) is -30.0. The second-order valence-electron chi connectivity index (χ2n) is 0. The van der Waals surface area contributed by atoms with E-state index in [1.165, 1.54) is 0 Å². The molecule has 0 aromatic carbocycles. The van der Waals surface area contributed by atoms with Crippen LogP contribution in [0.2, 0.25) is 0 Å². The molecule has 0 nitrogen and oxygen atoms in total. The van der Waals surface area contributed by atoms with Crippen molar-refractivity contribution >= 4 is 0 Å². The van der Waals surface area contributed by atoms with Crippen molar-refractivity contribution in [1.29, 1.82) is 0 Å². The van der Waals surface area contributed by atoms with Crippen LogP contribution in [0.1, 0.15) is 0 Å². The Hall–Kier alpha value is 0.781. The Balaban J connectivity index is 0. The molecule has 0 fully saturated rings. The Kier molecular flexibility index (Phi) is 545000. The smallest absolute Gasteiger partial charge is 1.00 e. The van der Waals surface area contributed by atoms with Gasteiger partial charge in [0.15, 0.2) is 0 Å². The third kappa shape index (κ3) is 1690. The van der Waals surface area contributed by atoms with Crippen LogP contribution in [0.15, 0.2) is 0 Å². The van der Waals surface area contributed by atoms with Gasteiger partial charge in [0.05, 0.1) is 0 Å². The van der Waals surface area contributed by atoms with Gasteiger partial charge >= 0.3 is 44.8 Å². The summed E-state index contributed by atoms with van der Waals surface area (Å²) in [5.74, 6) is 0. The van der Waals surface area contributed by atoms with Crippen molar-refractivity contribution in [3.63, 3.8) is 0 Å². The third-order valence-electron chi connectivity index (χ3n) is 0. The maximum Gasteiger partial charge on any atom is 5.00 e. The van der Waals surface area contributed by atoms with Crippen molar-refractivity contribution in [2.24, 2.45) is 0 Å². The average Bonchev–Trinajstić information content (AvgIpc) is 0. The summed E-state index contributed by atoms with van der Waals surface area (Å²) in [4.78, 5) is 0. The monoisotopic (exact) mass is 464 g/mol. The fourth-order valence-electron chi connectivity index (χ4n) is 0. The van der Waals surface area contributed by atoms with Gasteiger partial charge in [0.1, 0.15) is 0 Å². The van der Waals surface area contributed by atoms with Gasteiger partial charge in [0.2, 0.25) is 0 Å². The molecule has 0 aromatic rings. The first-order valence-electron chi connectivity index (χ1n) is 0. The number of hydrogen-bond donors (Lipinski definition) is 0. The van der Waals surface area contributed by atoms with E-state index < -0.39 is 0 Å². The largest absolute Gasteiger partial charge is 5.00 e. The molecule has 0 rings (SSSR count). The molecule has 0 aliphatic carbocycles. The summed E-state index contributed by atoms with van der Waals surface area (Å²) in [7, 11) is 0. The van der Waals surface area contributed by atoms with Crippen molar-refractivity contribution in [3.05, 3.63) is 0 Å². The van der Waals surface area contributed by atoms with Crippen LogP contribution in [0, 0.1) is 0 Å². The molecule has 0 heterocycles. The van der Waals surface area contributed by atoms with E-state index in [2.05, 4.69) is 0 Å². The summed E-state index contributed by atoms with van der Waals surface area (Å²) in [5, 5.41) is 0. The molecular formula is F10NbTa. The fraction of sp³-hybridized carbons (Fsp3) is 0. The minimum absolute atomic E-state index is 0. The van der Waals surface area contributed by atoms with Crippen molar-refractivity contribution in [1.82, 2.24) is 0 Å². The van der Waals surface area contributed by atoms with E-state index in [0.717, 1.165) is 0 Å². The Morgan fingerprint density at radius 3 is 0.250 bits per heavy atom. The van der Waals surface area contributed by atoms with E-state index in [1.54, 1.807) is 0 Å². The second-order valence-corrected chi connectivity index (χ2v) is 0. The molecule has 0 spiro atoms. The van der Waals surface area contributed by atoms with Gasteiger partial charge in [-0.1, -0.05) is 0 Å². The van der Waals surface area contributed by atoms with Crippen LogP contribution in [0.3, 0.4) is 0 Å². The van der Waals surface area contributed by atoms with Crippen molar-refractivity contribution in [2.75, 3.05) is 0 Å². The van der Waals surface area contributed by atoms with Crippen LogP contribution < -0.4 is 47.0 Å². The van der Waals surface area contributed by atoms with Gasteiger partial charge in [-0.25, -0.2) is 0 Å². The van der Waals surface area contributed by atoms with E-state index in [4.69, 9.17) is 0 Å². The molecule has 80 valence electrons. The van der Waals surface area contributed by atoms with E-state index in [9.17, 15) is 0 Å². The van der Waals surface area contributed by atoms with Gasteiger partial charge < -0.3 is 47.0 Å². The summed E-state index contributed by atoms with van der Waals surface area (Å²) >= 11 is 0. The Bertz CT molecular complexity index is 9.80. The van der Waals surface area contributed by atoms with Gasteiger partial charge in [0.25, 0.3) is 0 Å². The van der Waals surface area contributed by atoms with E-state index >= 15 is 0 Å². The zero-order valence-electron chi connectivity index (χ0n) is 4.67. The molecule has 0 radical (unpaired) electrons. The maximum absolute atomic E-state index is 0. The third-order valence-corrected chi connectivity index (χ3v) is 0. The minimum Gasteiger partial charge on any atom is -1.00 e. The Morgan fingerprint density at radius 1 is 0.250 bits per heavy atom. The number of rotatable bonds is 0. The van der Waals surface area contributed by atoms with Crippen LogP contribution in [0.25, 0.3) is 0 Å². The fourth-order valence-corrected chi connectivity index (χ4v) is 0. The Morgan fingerprint density at radius 2 is 0.250 bits per heavy atom. The molecule has 0 aromatic heterocycles. The summed E-state index contributed by atoms with van der Waals surface area (Å²) in [6.07, 6.45) is 0. The van der Waals surface area contributed by atoms with Crippen molar-refractivity contribution in [3.8, 4) is 0 Å². The first kappa shape index (κ1) is 2910. The van der Waals surface area contributed by atoms with Crippen LogP contribution in [-0.4, -0.2) is 0 Å². The van der Waals surface area contributed by atoms with E-state index in [0.29, 0.717) is 0 Å². The maximum atomic E-state index is 0. The van der Waals surface area contributed by atoms with Crippen molar-refractivity contribution < 1.29 is 91.8 Å². The van der Waals surface area contributed by atoms with Gasteiger partial charge in [-0.05, 0) is 0 Å². The zero-order chi connectivity index (χ0) is 0. The van der Waals surface area contributed by atoms with Crippen LogP contribution in [0.4, 0.5) is 0 Å². The molecule has 0 saturated heterocycles. The molecular weight excluding hydrogens is 464 g/mol. The quantitative estimate of drug-likeness (QED) is 0.247. The van der Waals surface area contributed by atoms with Crippen LogP contribution in [-0.2, 0) is 44.8 Å². The summed E-state index contributed by atoms with van der Waals surface area (Å²) < 4.78 is 0. The molecule has 0 bridgehead atoms. The molecule has 12 heavy (non-hydrogen) atoms. The molecule has 0 aliphatic heterocycles. The molecule has 0 aliphatic rings. The molecule has 12 heteroatoms. The minimum atomic E-state index is 0. The number of hydrogen-bond acceptors (Lipinski definition) is 0. The summed E-state index contributed by atoms with van der Waals surface area (Å²) in [5.41, 5.74) is 0. The normalized spacial score (nSPS) is 0. The zero-order valence-corrected chi connectivity index (χ0v) is 10.1. The molecule has 0 N–H and O–H groups in total. The van der Waals surface area contributed by atoms with Gasteiger partial charge in [-0.3, -0.25) is 0 Å². The van der Waals surface area contributed by atoms with Gasteiger partial charge in [-0.2, -0.15) is 0 Å². The van der Waals surface area contributed by atoms with Crippen molar-refractivity contribution in [2.45, 2.75) is 0 Å². The number of halogens is 10. The van der Waals surface area contributed by atoms with Crippen LogP contribution >= 0.6 is 0 Å². The van der Waals surface area contributed by atoms with Crippen LogP contribution in [0.5, 0.6) is 0 Å². The predicted molar refractivity (Wildman–Crippen MR) is 0 cm³/mol. The average molecular weight is 464 g/mol. The summed E-state index contributed by atoms with van der Waals surface area (Å²) in [6, 6.07) is 0.